The van der Waals surface area contributed by atoms with Crippen molar-refractivity contribution in [2.24, 2.45) is 28.7 Å². The van der Waals surface area contributed by atoms with Crippen LogP contribution in [-0.4, -0.2) is 11.1 Å². The molecule has 2 aromatic carbocycles. The molecule has 4 nitrogen and oxygen atoms in total. The van der Waals surface area contributed by atoms with Gasteiger partial charge in [-0.25, -0.2) is 5.90 Å². The third-order valence-electron chi connectivity index (χ3n) is 8.29. The normalized spacial score (nSPS) is 33.1. The molecule has 0 aromatic heterocycles. The molecule has 29 heavy (non-hydrogen) atoms. The summed E-state index contributed by atoms with van der Waals surface area (Å²) in [6, 6.07) is 20.2. The standard InChI is InChI=1S/C25H35N3O/c1-17-18(2)22(4,24(6,27)23(5,26)19(17)3)25(29-28,20-13-9-7-10-14-20)21-15-11-8-12-16-21/h7-16,19H,26-28H2,1-6H3. The van der Waals surface area contributed by atoms with Gasteiger partial charge in [0.1, 0.15) is 0 Å². The highest BCUT2D eigenvalue weighted by atomic mass is 16.6. The monoisotopic (exact) mass is 393 g/mol. The summed E-state index contributed by atoms with van der Waals surface area (Å²) in [6.07, 6.45) is 0. The van der Waals surface area contributed by atoms with E-state index in [4.69, 9.17) is 22.2 Å². The van der Waals surface area contributed by atoms with Crippen molar-refractivity contribution < 1.29 is 4.84 Å². The maximum absolute atomic E-state index is 7.22. The van der Waals surface area contributed by atoms with Crippen molar-refractivity contribution in [2.45, 2.75) is 58.2 Å². The summed E-state index contributed by atoms with van der Waals surface area (Å²) in [7, 11) is 0. The molecule has 4 heteroatoms. The molecule has 1 aliphatic rings. The number of hydrogen-bond donors (Lipinski definition) is 3. The van der Waals surface area contributed by atoms with Crippen LogP contribution in [0.15, 0.2) is 71.8 Å². The number of hydrogen-bond acceptors (Lipinski definition) is 4. The Balaban J connectivity index is 2.51. The van der Waals surface area contributed by atoms with E-state index in [2.05, 4.69) is 52.0 Å². The maximum Gasteiger partial charge on any atom is 0.150 e. The highest BCUT2D eigenvalue weighted by molar-refractivity contribution is 5.49. The van der Waals surface area contributed by atoms with E-state index in [0.717, 1.165) is 16.7 Å². The Morgan fingerprint density at radius 2 is 1.24 bits per heavy atom. The van der Waals surface area contributed by atoms with Crippen LogP contribution >= 0.6 is 0 Å². The van der Waals surface area contributed by atoms with Gasteiger partial charge in [0.05, 0.1) is 0 Å². The Bertz CT molecular complexity index is 863. The molecule has 4 unspecified atom stereocenters. The maximum atomic E-state index is 7.22. The molecule has 2 aromatic rings. The lowest BCUT2D eigenvalue weighted by atomic mass is 9.44. The highest BCUT2D eigenvalue weighted by Gasteiger charge is 2.68. The Labute approximate surface area is 175 Å². The molecule has 1 aliphatic carbocycles. The first-order valence-corrected chi connectivity index (χ1v) is 10.2. The van der Waals surface area contributed by atoms with E-state index in [1.165, 1.54) is 5.57 Å². The average molecular weight is 394 g/mol. The molecule has 0 aliphatic heterocycles. The van der Waals surface area contributed by atoms with E-state index in [9.17, 15) is 0 Å². The lowest BCUT2D eigenvalue weighted by Gasteiger charge is -2.65. The lowest BCUT2D eigenvalue weighted by molar-refractivity contribution is -0.142. The molecule has 0 amide bonds. The van der Waals surface area contributed by atoms with Crippen LogP contribution in [0, 0.1) is 11.3 Å². The van der Waals surface area contributed by atoms with Crippen LogP contribution in [0.5, 0.6) is 0 Å². The van der Waals surface area contributed by atoms with Gasteiger partial charge in [0.25, 0.3) is 0 Å². The fourth-order valence-corrected chi connectivity index (χ4v) is 5.52. The molecule has 4 atom stereocenters. The van der Waals surface area contributed by atoms with Gasteiger partial charge in [-0.2, -0.15) is 0 Å². The Morgan fingerprint density at radius 3 is 1.62 bits per heavy atom. The first kappa shape index (κ1) is 21.7. The Hall–Kier alpha value is -1.98. The Morgan fingerprint density at radius 1 is 0.828 bits per heavy atom. The number of rotatable bonds is 4. The van der Waals surface area contributed by atoms with E-state index in [1.807, 2.05) is 50.2 Å². The number of benzene rings is 2. The largest absolute Gasteiger partial charge is 0.323 e. The summed E-state index contributed by atoms with van der Waals surface area (Å²) in [6.45, 7) is 12.7. The van der Waals surface area contributed by atoms with Gasteiger partial charge in [0.15, 0.2) is 5.60 Å². The molecule has 0 saturated carbocycles. The first-order chi connectivity index (χ1) is 13.5. The van der Waals surface area contributed by atoms with Crippen molar-refractivity contribution in [3.8, 4) is 0 Å². The van der Waals surface area contributed by atoms with Gasteiger partial charge in [-0.15, -0.1) is 0 Å². The predicted molar refractivity (Wildman–Crippen MR) is 120 cm³/mol. The molecule has 3 rings (SSSR count). The minimum atomic E-state index is -1.02. The smallest absolute Gasteiger partial charge is 0.150 e. The molecular weight excluding hydrogens is 358 g/mol. The zero-order chi connectivity index (χ0) is 21.7. The minimum absolute atomic E-state index is 0.118. The van der Waals surface area contributed by atoms with Crippen LogP contribution in [-0.2, 0) is 10.4 Å². The van der Waals surface area contributed by atoms with E-state index in [1.54, 1.807) is 0 Å². The van der Waals surface area contributed by atoms with Crippen molar-refractivity contribution >= 4 is 0 Å². The fourth-order valence-electron chi connectivity index (χ4n) is 5.52. The zero-order valence-electron chi connectivity index (χ0n) is 18.5. The molecule has 156 valence electrons. The van der Waals surface area contributed by atoms with Gasteiger partial charge in [-0.05, 0) is 44.7 Å². The van der Waals surface area contributed by atoms with Gasteiger partial charge < -0.3 is 11.5 Å². The summed E-state index contributed by atoms with van der Waals surface area (Å²) in [5.41, 5.74) is 15.2. The SMILES string of the molecule is CC1=C(C)C(C)(C(ON)(c2ccccc2)c2ccccc2)C(C)(N)C(C)(N)C1C. The van der Waals surface area contributed by atoms with E-state index in [0.29, 0.717) is 0 Å². The second-order valence-corrected chi connectivity index (χ2v) is 9.17. The second kappa shape index (κ2) is 7.06. The van der Waals surface area contributed by atoms with Crippen LogP contribution in [0.3, 0.4) is 0 Å². The minimum Gasteiger partial charge on any atom is -0.323 e. The first-order valence-electron chi connectivity index (χ1n) is 10.2. The van der Waals surface area contributed by atoms with Crippen LogP contribution in [0.1, 0.15) is 52.7 Å². The summed E-state index contributed by atoms with van der Waals surface area (Å²) >= 11 is 0. The van der Waals surface area contributed by atoms with E-state index < -0.39 is 22.1 Å². The summed E-state index contributed by atoms with van der Waals surface area (Å²) in [5.74, 6) is 6.34. The topological polar surface area (TPSA) is 87.3 Å². The van der Waals surface area contributed by atoms with Gasteiger partial charge >= 0.3 is 0 Å². The van der Waals surface area contributed by atoms with Crippen molar-refractivity contribution in [1.29, 1.82) is 0 Å². The van der Waals surface area contributed by atoms with Crippen LogP contribution in [0.25, 0.3) is 0 Å². The molecule has 6 N–H and O–H groups in total. The molecular formula is C25H35N3O. The van der Waals surface area contributed by atoms with Crippen LogP contribution < -0.4 is 17.4 Å². The van der Waals surface area contributed by atoms with Gasteiger partial charge in [-0.3, -0.25) is 4.84 Å². The summed E-state index contributed by atoms with van der Waals surface area (Å²) in [5, 5.41) is 0. The van der Waals surface area contributed by atoms with Gasteiger partial charge in [0.2, 0.25) is 0 Å². The highest BCUT2D eigenvalue weighted by Crippen LogP contribution is 2.62. The quantitative estimate of drug-likeness (QED) is 0.535. The summed E-state index contributed by atoms with van der Waals surface area (Å²) < 4.78 is 0. The zero-order valence-corrected chi connectivity index (χ0v) is 18.5. The van der Waals surface area contributed by atoms with E-state index >= 15 is 0 Å². The van der Waals surface area contributed by atoms with Crippen molar-refractivity contribution in [1.82, 2.24) is 0 Å². The molecule has 0 bridgehead atoms. The average Bonchev–Trinajstić information content (AvgIpc) is 2.73. The van der Waals surface area contributed by atoms with Crippen molar-refractivity contribution in [3.63, 3.8) is 0 Å². The van der Waals surface area contributed by atoms with Crippen molar-refractivity contribution in [2.75, 3.05) is 0 Å². The number of nitrogens with two attached hydrogens (primary N) is 3. The second-order valence-electron chi connectivity index (χ2n) is 9.17. The lowest BCUT2D eigenvalue weighted by Crippen LogP contribution is -2.79. The van der Waals surface area contributed by atoms with Gasteiger partial charge in [-0.1, -0.05) is 85.7 Å². The third-order valence-corrected chi connectivity index (χ3v) is 8.29. The predicted octanol–water partition coefficient (Wildman–Crippen LogP) is 4.25. The molecule has 0 saturated heterocycles. The van der Waals surface area contributed by atoms with Crippen molar-refractivity contribution in [3.05, 3.63) is 82.9 Å². The molecule has 0 spiro atoms. The van der Waals surface area contributed by atoms with Gasteiger partial charge in [0, 0.05) is 16.5 Å². The molecule has 0 fully saturated rings. The van der Waals surface area contributed by atoms with E-state index in [-0.39, 0.29) is 5.92 Å². The molecule has 0 heterocycles. The Kier molecular flexibility index (Phi) is 5.29. The third kappa shape index (κ3) is 2.60. The fraction of sp³-hybridized carbons (Fsp3) is 0.440. The van der Waals surface area contributed by atoms with Crippen LogP contribution in [0.4, 0.5) is 0 Å². The summed E-state index contributed by atoms with van der Waals surface area (Å²) in [4.78, 5) is 6.07. The molecule has 0 radical (unpaired) electrons. The van der Waals surface area contributed by atoms with Crippen LogP contribution in [0.2, 0.25) is 0 Å².